The maximum absolute atomic E-state index is 13.2. The van der Waals surface area contributed by atoms with Gasteiger partial charge >= 0.3 is 0 Å². The molecule has 2 aromatic carbocycles. The molecule has 0 bridgehead atoms. The van der Waals surface area contributed by atoms with Gasteiger partial charge in [-0.05, 0) is 42.0 Å². The smallest absolute Gasteiger partial charge is 0.257 e. The first-order valence-electron chi connectivity index (χ1n) is 8.14. The average molecular weight is 369 g/mol. The number of rotatable bonds is 6. The van der Waals surface area contributed by atoms with E-state index in [1.807, 2.05) is 24.3 Å². The molecule has 0 aliphatic rings. The van der Waals surface area contributed by atoms with Crippen LogP contribution in [-0.2, 0) is 6.54 Å². The third-order valence-corrected chi connectivity index (χ3v) is 3.84. The highest BCUT2D eigenvalue weighted by Crippen LogP contribution is 2.16. The zero-order valence-corrected chi connectivity index (χ0v) is 14.5. The third-order valence-electron chi connectivity index (χ3n) is 3.84. The topological polar surface area (TPSA) is 63.2 Å². The van der Waals surface area contributed by atoms with Gasteiger partial charge in [-0.3, -0.25) is 4.79 Å². The number of ether oxygens (including phenoxy) is 1. The molecular formula is C20H17F2N3O2. The minimum atomic E-state index is -1.02. The first-order valence-corrected chi connectivity index (χ1v) is 8.14. The lowest BCUT2D eigenvalue weighted by atomic mass is 10.2. The second-order valence-corrected chi connectivity index (χ2v) is 5.72. The maximum atomic E-state index is 13.2. The average Bonchev–Trinajstić information content (AvgIpc) is 2.70. The van der Waals surface area contributed by atoms with Gasteiger partial charge in [-0.1, -0.05) is 12.1 Å². The molecule has 2 N–H and O–H groups in total. The molecule has 0 aliphatic carbocycles. The van der Waals surface area contributed by atoms with Gasteiger partial charge in [0.15, 0.2) is 11.6 Å². The number of carbonyl (C=O) groups is 1. The van der Waals surface area contributed by atoms with E-state index in [-0.39, 0.29) is 5.69 Å². The zero-order valence-electron chi connectivity index (χ0n) is 14.5. The van der Waals surface area contributed by atoms with Crippen LogP contribution in [0.5, 0.6) is 5.75 Å². The number of benzene rings is 2. The Balaban J connectivity index is 1.58. The quantitative estimate of drug-likeness (QED) is 0.682. The molecule has 0 radical (unpaired) electrons. The van der Waals surface area contributed by atoms with E-state index in [2.05, 4.69) is 15.6 Å². The molecule has 7 heteroatoms. The van der Waals surface area contributed by atoms with Crippen molar-refractivity contribution in [2.75, 3.05) is 17.7 Å². The molecular weight excluding hydrogens is 352 g/mol. The van der Waals surface area contributed by atoms with Gasteiger partial charge in [0.2, 0.25) is 0 Å². The first kappa shape index (κ1) is 18.3. The SMILES string of the molecule is COc1ccc(CNc2ccc(C(=O)Nc3ccc(F)c(F)c3)cn2)cc1. The Labute approximate surface area is 155 Å². The summed E-state index contributed by atoms with van der Waals surface area (Å²) in [6.07, 6.45) is 1.41. The second kappa shape index (κ2) is 8.27. The Kier molecular flexibility index (Phi) is 5.61. The Morgan fingerprint density at radius 3 is 2.44 bits per heavy atom. The van der Waals surface area contributed by atoms with Crippen molar-refractivity contribution in [3.05, 3.63) is 83.6 Å². The largest absolute Gasteiger partial charge is 0.497 e. The van der Waals surface area contributed by atoms with Crippen LogP contribution < -0.4 is 15.4 Å². The van der Waals surface area contributed by atoms with Gasteiger partial charge in [0, 0.05) is 24.5 Å². The van der Waals surface area contributed by atoms with E-state index in [4.69, 9.17) is 4.74 Å². The fourth-order valence-corrected chi connectivity index (χ4v) is 2.35. The van der Waals surface area contributed by atoms with Crippen LogP contribution in [0, 0.1) is 11.6 Å². The minimum absolute atomic E-state index is 0.167. The number of aromatic nitrogens is 1. The van der Waals surface area contributed by atoms with Crippen molar-refractivity contribution in [1.82, 2.24) is 4.98 Å². The Morgan fingerprint density at radius 1 is 1.04 bits per heavy atom. The van der Waals surface area contributed by atoms with E-state index in [1.165, 1.54) is 12.3 Å². The Hall–Kier alpha value is -3.48. The molecule has 0 saturated carbocycles. The highest BCUT2D eigenvalue weighted by Gasteiger charge is 2.09. The molecule has 3 rings (SSSR count). The van der Waals surface area contributed by atoms with Crippen LogP contribution in [0.25, 0.3) is 0 Å². The van der Waals surface area contributed by atoms with E-state index < -0.39 is 17.5 Å². The summed E-state index contributed by atoms with van der Waals surface area (Å²) >= 11 is 0. The molecule has 1 amide bonds. The van der Waals surface area contributed by atoms with Crippen LogP contribution in [-0.4, -0.2) is 18.0 Å². The zero-order chi connectivity index (χ0) is 19.2. The Morgan fingerprint density at radius 2 is 1.81 bits per heavy atom. The first-order chi connectivity index (χ1) is 13.0. The summed E-state index contributed by atoms with van der Waals surface area (Å²) in [6.45, 7) is 0.567. The molecule has 5 nitrogen and oxygen atoms in total. The predicted octanol–water partition coefficient (Wildman–Crippen LogP) is 4.23. The molecule has 138 valence electrons. The molecule has 0 unspecified atom stereocenters. The fraction of sp³-hybridized carbons (Fsp3) is 0.100. The number of hydrogen-bond acceptors (Lipinski definition) is 4. The number of amides is 1. The van der Waals surface area contributed by atoms with Crippen molar-refractivity contribution in [1.29, 1.82) is 0 Å². The summed E-state index contributed by atoms with van der Waals surface area (Å²) in [5, 5.41) is 5.65. The summed E-state index contributed by atoms with van der Waals surface area (Å²) in [7, 11) is 1.61. The highest BCUT2D eigenvalue weighted by atomic mass is 19.2. The van der Waals surface area contributed by atoms with E-state index in [0.29, 0.717) is 17.9 Å². The lowest BCUT2D eigenvalue weighted by Crippen LogP contribution is -2.13. The highest BCUT2D eigenvalue weighted by molar-refractivity contribution is 6.04. The van der Waals surface area contributed by atoms with Gasteiger partial charge < -0.3 is 15.4 Å². The molecule has 0 fully saturated rings. The molecule has 3 aromatic rings. The van der Waals surface area contributed by atoms with Crippen LogP contribution in [0.1, 0.15) is 15.9 Å². The van der Waals surface area contributed by atoms with Gasteiger partial charge in [-0.15, -0.1) is 0 Å². The standard InChI is InChI=1S/C20H17F2N3O2/c1-27-16-6-2-13(3-7-16)11-23-19-9-4-14(12-24-19)20(26)25-15-5-8-17(21)18(22)10-15/h2-10,12H,11H2,1H3,(H,23,24)(H,25,26). The van der Waals surface area contributed by atoms with Gasteiger partial charge in [-0.25, -0.2) is 13.8 Å². The van der Waals surface area contributed by atoms with Gasteiger partial charge in [0.05, 0.1) is 12.7 Å². The number of nitrogens with zero attached hydrogens (tertiary/aromatic N) is 1. The number of carbonyl (C=O) groups excluding carboxylic acids is 1. The van der Waals surface area contributed by atoms with Crippen molar-refractivity contribution in [3.8, 4) is 5.75 Å². The van der Waals surface area contributed by atoms with Crippen LogP contribution in [0.2, 0.25) is 0 Å². The van der Waals surface area contributed by atoms with Crippen molar-refractivity contribution < 1.29 is 18.3 Å². The number of methoxy groups -OCH3 is 1. The molecule has 0 atom stereocenters. The lowest BCUT2D eigenvalue weighted by molar-refractivity contribution is 0.102. The number of halogens is 2. The monoisotopic (exact) mass is 369 g/mol. The second-order valence-electron chi connectivity index (χ2n) is 5.72. The van der Waals surface area contributed by atoms with Gasteiger partial charge in [-0.2, -0.15) is 0 Å². The number of nitrogens with one attached hydrogen (secondary N) is 2. The molecule has 0 spiro atoms. The predicted molar refractivity (Wildman–Crippen MR) is 98.9 cm³/mol. The van der Waals surface area contributed by atoms with Crippen molar-refractivity contribution in [3.63, 3.8) is 0 Å². The van der Waals surface area contributed by atoms with E-state index in [1.54, 1.807) is 19.2 Å². The van der Waals surface area contributed by atoms with Crippen LogP contribution in [0.3, 0.4) is 0 Å². The summed E-state index contributed by atoms with van der Waals surface area (Å²) < 4.78 is 31.2. The molecule has 1 heterocycles. The van der Waals surface area contributed by atoms with Gasteiger partial charge in [0.25, 0.3) is 5.91 Å². The van der Waals surface area contributed by atoms with Crippen LogP contribution in [0.15, 0.2) is 60.8 Å². The number of hydrogen-bond donors (Lipinski definition) is 2. The van der Waals surface area contributed by atoms with Gasteiger partial charge in [0.1, 0.15) is 11.6 Å². The van der Waals surface area contributed by atoms with Crippen molar-refractivity contribution >= 4 is 17.4 Å². The van der Waals surface area contributed by atoms with E-state index in [9.17, 15) is 13.6 Å². The van der Waals surface area contributed by atoms with Crippen LogP contribution in [0.4, 0.5) is 20.3 Å². The summed E-state index contributed by atoms with van der Waals surface area (Å²) in [5.74, 6) is -1.07. The minimum Gasteiger partial charge on any atom is -0.497 e. The van der Waals surface area contributed by atoms with Crippen molar-refractivity contribution in [2.45, 2.75) is 6.54 Å². The Bertz CT molecular complexity index is 929. The molecule has 27 heavy (non-hydrogen) atoms. The van der Waals surface area contributed by atoms with Crippen LogP contribution >= 0.6 is 0 Å². The molecule has 0 saturated heterocycles. The number of anilines is 2. The van der Waals surface area contributed by atoms with Crippen molar-refractivity contribution in [2.24, 2.45) is 0 Å². The summed E-state index contributed by atoms with van der Waals surface area (Å²) in [4.78, 5) is 16.4. The molecule has 1 aromatic heterocycles. The maximum Gasteiger partial charge on any atom is 0.257 e. The lowest BCUT2D eigenvalue weighted by Gasteiger charge is -2.08. The molecule has 0 aliphatic heterocycles. The van der Waals surface area contributed by atoms with E-state index >= 15 is 0 Å². The third kappa shape index (κ3) is 4.78. The van der Waals surface area contributed by atoms with E-state index in [0.717, 1.165) is 23.4 Å². The number of pyridine rings is 1. The fourth-order valence-electron chi connectivity index (χ4n) is 2.35. The summed E-state index contributed by atoms with van der Waals surface area (Å²) in [5.41, 5.74) is 1.52. The summed E-state index contributed by atoms with van der Waals surface area (Å²) in [6, 6.07) is 14.1. The normalized spacial score (nSPS) is 10.3.